The largest absolute Gasteiger partial charge is 0.476 e. The SMILES string of the molecule is CCC(CC)c1c(C(=O)O)nnn1Cc1ccc(Cl)cc1. The first-order valence-electron chi connectivity index (χ1n) is 6.97. The van der Waals surface area contributed by atoms with Gasteiger partial charge in [0.1, 0.15) is 0 Å². The van der Waals surface area contributed by atoms with E-state index in [1.54, 1.807) is 4.68 Å². The Morgan fingerprint density at radius 2 is 1.90 bits per heavy atom. The van der Waals surface area contributed by atoms with Gasteiger partial charge in [0.25, 0.3) is 0 Å². The number of hydrogen-bond acceptors (Lipinski definition) is 3. The smallest absolute Gasteiger partial charge is 0.358 e. The van der Waals surface area contributed by atoms with Crippen LogP contribution in [0.2, 0.25) is 5.02 Å². The van der Waals surface area contributed by atoms with Gasteiger partial charge in [0.2, 0.25) is 0 Å². The summed E-state index contributed by atoms with van der Waals surface area (Å²) in [5.74, 6) is -0.891. The Morgan fingerprint density at radius 1 is 1.29 bits per heavy atom. The minimum atomic E-state index is -1.03. The molecule has 6 heteroatoms. The number of benzene rings is 1. The Bertz CT molecular complexity index is 618. The van der Waals surface area contributed by atoms with Crippen molar-refractivity contribution in [1.82, 2.24) is 15.0 Å². The van der Waals surface area contributed by atoms with Gasteiger partial charge in [-0.3, -0.25) is 0 Å². The van der Waals surface area contributed by atoms with Crippen LogP contribution < -0.4 is 0 Å². The minimum absolute atomic E-state index is 0.0534. The number of carboxylic acids is 1. The predicted molar refractivity (Wildman–Crippen MR) is 80.9 cm³/mol. The van der Waals surface area contributed by atoms with Crippen molar-refractivity contribution >= 4 is 17.6 Å². The van der Waals surface area contributed by atoms with Gasteiger partial charge >= 0.3 is 5.97 Å². The predicted octanol–water partition coefficient (Wildman–Crippen LogP) is 3.58. The van der Waals surface area contributed by atoms with E-state index in [0.29, 0.717) is 17.3 Å². The van der Waals surface area contributed by atoms with Gasteiger partial charge in [0, 0.05) is 10.9 Å². The maximum absolute atomic E-state index is 11.3. The number of carbonyl (C=O) groups is 1. The Morgan fingerprint density at radius 3 is 2.43 bits per heavy atom. The average molecular weight is 308 g/mol. The van der Waals surface area contributed by atoms with Gasteiger partial charge < -0.3 is 5.11 Å². The highest BCUT2D eigenvalue weighted by atomic mass is 35.5. The fourth-order valence-electron chi connectivity index (χ4n) is 2.43. The molecule has 0 aliphatic carbocycles. The van der Waals surface area contributed by atoms with Crippen molar-refractivity contribution in [1.29, 1.82) is 0 Å². The van der Waals surface area contributed by atoms with Crippen molar-refractivity contribution in [2.24, 2.45) is 0 Å². The first-order chi connectivity index (χ1) is 10.1. The Kier molecular flexibility index (Phi) is 4.96. The second kappa shape index (κ2) is 6.72. The van der Waals surface area contributed by atoms with Crippen LogP contribution in [0, 0.1) is 0 Å². The summed E-state index contributed by atoms with van der Waals surface area (Å²) in [6, 6.07) is 7.42. The molecular formula is C15H18ClN3O2. The van der Waals surface area contributed by atoms with E-state index < -0.39 is 5.97 Å². The maximum atomic E-state index is 11.3. The molecule has 112 valence electrons. The Labute approximate surface area is 128 Å². The zero-order chi connectivity index (χ0) is 15.4. The Hall–Kier alpha value is -1.88. The van der Waals surface area contributed by atoms with E-state index in [2.05, 4.69) is 10.3 Å². The van der Waals surface area contributed by atoms with Crippen molar-refractivity contribution in [2.45, 2.75) is 39.2 Å². The summed E-state index contributed by atoms with van der Waals surface area (Å²) in [5, 5.41) is 17.8. The topological polar surface area (TPSA) is 68.0 Å². The molecule has 0 saturated carbocycles. The quantitative estimate of drug-likeness (QED) is 0.885. The number of rotatable bonds is 6. The van der Waals surface area contributed by atoms with Gasteiger partial charge in [-0.2, -0.15) is 0 Å². The molecule has 0 aliphatic rings. The van der Waals surface area contributed by atoms with E-state index in [9.17, 15) is 9.90 Å². The molecule has 0 radical (unpaired) electrons. The van der Waals surface area contributed by atoms with Crippen LogP contribution in [0.4, 0.5) is 0 Å². The highest BCUT2D eigenvalue weighted by Gasteiger charge is 2.24. The summed E-state index contributed by atoms with van der Waals surface area (Å²) >= 11 is 5.87. The van der Waals surface area contributed by atoms with Crippen LogP contribution in [-0.4, -0.2) is 26.1 Å². The molecule has 5 nitrogen and oxygen atoms in total. The van der Waals surface area contributed by atoms with E-state index in [1.807, 2.05) is 38.1 Å². The van der Waals surface area contributed by atoms with E-state index >= 15 is 0 Å². The number of halogens is 1. The number of nitrogens with zero attached hydrogens (tertiary/aromatic N) is 3. The molecule has 0 fully saturated rings. The van der Waals surface area contributed by atoms with Crippen LogP contribution in [0.5, 0.6) is 0 Å². The average Bonchev–Trinajstić information content (AvgIpc) is 2.87. The lowest BCUT2D eigenvalue weighted by molar-refractivity contribution is 0.0688. The van der Waals surface area contributed by atoms with Gasteiger partial charge in [-0.15, -0.1) is 5.10 Å². The second-order valence-corrected chi connectivity index (χ2v) is 5.36. The lowest BCUT2D eigenvalue weighted by Gasteiger charge is -2.15. The van der Waals surface area contributed by atoms with Crippen molar-refractivity contribution in [3.63, 3.8) is 0 Å². The van der Waals surface area contributed by atoms with Crippen LogP contribution in [-0.2, 0) is 6.54 Å². The number of carboxylic acid groups (broad SMARTS) is 1. The van der Waals surface area contributed by atoms with Gasteiger partial charge in [-0.1, -0.05) is 42.8 Å². The zero-order valence-electron chi connectivity index (χ0n) is 12.1. The molecule has 0 unspecified atom stereocenters. The molecular weight excluding hydrogens is 290 g/mol. The molecule has 0 spiro atoms. The standard InChI is InChI=1S/C15H18ClN3O2/c1-3-11(4-2)14-13(15(20)21)17-18-19(14)9-10-5-7-12(16)8-6-10/h5-8,11H,3-4,9H2,1-2H3,(H,20,21). The van der Waals surface area contributed by atoms with Crippen molar-refractivity contribution in [3.8, 4) is 0 Å². The first kappa shape index (κ1) is 15.5. The summed E-state index contributed by atoms with van der Waals surface area (Å²) in [7, 11) is 0. The molecule has 1 heterocycles. The fourth-order valence-corrected chi connectivity index (χ4v) is 2.56. The highest BCUT2D eigenvalue weighted by molar-refractivity contribution is 6.30. The molecule has 0 amide bonds. The number of aromatic carboxylic acids is 1. The van der Waals surface area contributed by atoms with Gasteiger partial charge in [-0.25, -0.2) is 9.48 Å². The third-order valence-electron chi connectivity index (χ3n) is 3.59. The van der Waals surface area contributed by atoms with Crippen molar-refractivity contribution in [2.75, 3.05) is 0 Å². The van der Waals surface area contributed by atoms with Gasteiger partial charge in [0.05, 0.1) is 12.2 Å². The first-order valence-corrected chi connectivity index (χ1v) is 7.35. The van der Waals surface area contributed by atoms with Crippen LogP contribution >= 0.6 is 11.6 Å². The third-order valence-corrected chi connectivity index (χ3v) is 3.85. The van der Waals surface area contributed by atoms with Crippen LogP contribution in [0.15, 0.2) is 24.3 Å². The molecule has 0 aliphatic heterocycles. The lowest BCUT2D eigenvalue weighted by atomic mass is 9.97. The summed E-state index contributed by atoms with van der Waals surface area (Å²) in [6.45, 7) is 4.57. The molecule has 21 heavy (non-hydrogen) atoms. The van der Waals surface area contributed by atoms with Crippen LogP contribution in [0.1, 0.15) is 54.4 Å². The third kappa shape index (κ3) is 3.42. The van der Waals surface area contributed by atoms with E-state index in [1.165, 1.54) is 0 Å². The van der Waals surface area contributed by atoms with Crippen LogP contribution in [0.25, 0.3) is 0 Å². The zero-order valence-corrected chi connectivity index (χ0v) is 12.8. The summed E-state index contributed by atoms with van der Waals surface area (Å²) < 4.78 is 1.68. The highest BCUT2D eigenvalue weighted by Crippen LogP contribution is 2.26. The molecule has 2 rings (SSSR count). The van der Waals surface area contributed by atoms with Crippen molar-refractivity contribution in [3.05, 3.63) is 46.2 Å². The molecule has 1 aromatic heterocycles. The normalized spacial score (nSPS) is 11.0. The minimum Gasteiger partial charge on any atom is -0.476 e. The number of hydrogen-bond donors (Lipinski definition) is 1. The van der Waals surface area contributed by atoms with E-state index in [4.69, 9.17) is 11.6 Å². The molecule has 1 aromatic carbocycles. The summed E-state index contributed by atoms with van der Waals surface area (Å²) in [6.07, 6.45) is 1.70. The number of aromatic nitrogens is 3. The van der Waals surface area contributed by atoms with Crippen LogP contribution in [0.3, 0.4) is 0 Å². The summed E-state index contributed by atoms with van der Waals surface area (Å²) in [4.78, 5) is 11.3. The van der Waals surface area contributed by atoms with E-state index in [0.717, 1.165) is 18.4 Å². The molecule has 0 atom stereocenters. The lowest BCUT2D eigenvalue weighted by Crippen LogP contribution is -2.13. The molecule has 2 aromatic rings. The second-order valence-electron chi connectivity index (χ2n) is 4.93. The van der Waals surface area contributed by atoms with Gasteiger partial charge in [-0.05, 0) is 30.5 Å². The Balaban J connectivity index is 2.38. The fraction of sp³-hybridized carbons (Fsp3) is 0.400. The van der Waals surface area contributed by atoms with Gasteiger partial charge in [0.15, 0.2) is 5.69 Å². The van der Waals surface area contributed by atoms with Crippen molar-refractivity contribution < 1.29 is 9.90 Å². The van der Waals surface area contributed by atoms with E-state index in [-0.39, 0.29) is 11.6 Å². The molecule has 1 N–H and O–H groups in total. The molecule has 0 saturated heterocycles. The summed E-state index contributed by atoms with van der Waals surface area (Å²) in [5.41, 5.74) is 1.76. The monoisotopic (exact) mass is 307 g/mol. The maximum Gasteiger partial charge on any atom is 0.358 e. The molecule has 0 bridgehead atoms.